The maximum absolute atomic E-state index is 12.6. The molecule has 1 fully saturated rings. The number of hydrogen-bond acceptors (Lipinski definition) is 3. The zero-order valence-corrected chi connectivity index (χ0v) is 14.0. The van der Waals surface area contributed by atoms with Gasteiger partial charge >= 0.3 is 0 Å². The summed E-state index contributed by atoms with van der Waals surface area (Å²) >= 11 is 0. The molecule has 0 radical (unpaired) electrons. The van der Waals surface area contributed by atoms with E-state index in [2.05, 4.69) is 18.3 Å². The summed E-state index contributed by atoms with van der Waals surface area (Å²) in [7, 11) is 0.940. The van der Waals surface area contributed by atoms with Gasteiger partial charge in [-0.25, -0.2) is 0 Å². The quantitative estimate of drug-likeness (QED) is 0.799. The van der Waals surface area contributed by atoms with Crippen LogP contribution in [-0.2, 0) is 10.8 Å². The minimum absolute atomic E-state index is 0.113. The Bertz CT molecular complexity index is 458. The van der Waals surface area contributed by atoms with Crippen molar-refractivity contribution < 1.29 is 8.95 Å². The Hall–Kier alpha value is -0.870. The second-order valence-electron chi connectivity index (χ2n) is 5.70. The molecule has 1 N–H and O–H groups in total. The van der Waals surface area contributed by atoms with E-state index in [9.17, 15) is 4.21 Å². The van der Waals surface area contributed by atoms with E-state index < -0.39 is 10.8 Å². The van der Waals surface area contributed by atoms with Crippen LogP contribution in [0.5, 0.6) is 5.75 Å². The molecule has 2 atom stereocenters. The van der Waals surface area contributed by atoms with E-state index in [0.717, 1.165) is 37.1 Å². The number of para-hydroxylation sites is 1. The van der Waals surface area contributed by atoms with Gasteiger partial charge in [-0.2, -0.15) is 0 Å². The van der Waals surface area contributed by atoms with Gasteiger partial charge in [0.05, 0.1) is 7.11 Å². The second-order valence-corrected chi connectivity index (χ2v) is 7.46. The number of nitrogens with one attached hydrogen (secondary N) is 1. The molecule has 4 heteroatoms. The first-order valence-corrected chi connectivity index (χ1v) is 9.38. The summed E-state index contributed by atoms with van der Waals surface area (Å²) < 4.78 is 18.1. The normalized spacial score (nSPS) is 18.6. The lowest BCUT2D eigenvalue weighted by Crippen LogP contribution is -2.30. The highest BCUT2D eigenvalue weighted by molar-refractivity contribution is 7.85. The third-order valence-corrected chi connectivity index (χ3v) is 6.04. The molecule has 1 aliphatic rings. The number of benzene rings is 1. The lowest BCUT2D eigenvalue weighted by atomic mass is 10.1. The van der Waals surface area contributed by atoms with Crippen LogP contribution in [0, 0.1) is 0 Å². The van der Waals surface area contributed by atoms with Gasteiger partial charge in [-0.1, -0.05) is 38.0 Å². The predicted octanol–water partition coefficient (Wildman–Crippen LogP) is 3.43. The van der Waals surface area contributed by atoms with Gasteiger partial charge in [0.15, 0.2) is 0 Å². The largest absolute Gasteiger partial charge is 0.496 e. The molecule has 3 nitrogen and oxygen atoms in total. The highest BCUT2D eigenvalue weighted by atomic mass is 32.2. The van der Waals surface area contributed by atoms with E-state index >= 15 is 0 Å². The van der Waals surface area contributed by atoms with Crippen molar-refractivity contribution in [3.8, 4) is 5.75 Å². The Morgan fingerprint density at radius 2 is 2.05 bits per heavy atom. The Morgan fingerprint density at radius 3 is 2.71 bits per heavy atom. The van der Waals surface area contributed by atoms with E-state index in [1.165, 1.54) is 12.8 Å². The van der Waals surface area contributed by atoms with E-state index in [4.69, 9.17) is 4.74 Å². The molecule has 2 unspecified atom stereocenters. The summed E-state index contributed by atoms with van der Waals surface area (Å²) in [6.07, 6.45) is 5.79. The zero-order valence-electron chi connectivity index (χ0n) is 13.1. The molecule has 1 aromatic rings. The van der Waals surface area contributed by atoms with Crippen molar-refractivity contribution in [1.29, 1.82) is 0 Å². The maximum Gasteiger partial charge on any atom is 0.123 e. The Labute approximate surface area is 130 Å². The number of hydrogen-bond donors (Lipinski definition) is 1. The molecule has 21 heavy (non-hydrogen) atoms. The fourth-order valence-electron chi connectivity index (χ4n) is 2.98. The van der Waals surface area contributed by atoms with Gasteiger partial charge in [0.1, 0.15) is 5.75 Å². The van der Waals surface area contributed by atoms with E-state index in [0.29, 0.717) is 11.0 Å². The van der Waals surface area contributed by atoms with Crippen LogP contribution in [0.3, 0.4) is 0 Å². The number of methoxy groups -OCH3 is 1. The van der Waals surface area contributed by atoms with Gasteiger partial charge in [-0.15, -0.1) is 0 Å². The van der Waals surface area contributed by atoms with Crippen LogP contribution >= 0.6 is 0 Å². The van der Waals surface area contributed by atoms with Crippen molar-refractivity contribution in [2.75, 3.05) is 19.4 Å². The summed E-state index contributed by atoms with van der Waals surface area (Å²) in [5, 5.41) is 3.94. The Morgan fingerprint density at radius 1 is 1.33 bits per heavy atom. The first kappa shape index (κ1) is 16.5. The summed E-state index contributed by atoms with van der Waals surface area (Å²) in [6.45, 7) is 3.09. The summed E-state index contributed by atoms with van der Waals surface area (Å²) in [4.78, 5) is 0. The van der Waals surface area contributed by atoms with Gasteiger partial charge in [0, 0.05) is 33.4 Å². The van der Waals surface area contributed by atoms with Crippen LogP contribution < -0.4 is 10.1 Å². The standard InChI is InChI=1S/C17H27NO2S/c1-3-12-18-16(13-21(19)14-8-4-5-9-14)15-10-6-7-11-17(15)20-2/h6-7,10-11,14,16,18H,3-5,8-9,12-13H2,1-2H3. The third kappa shape index (κ3) is 4.55. The highest BCUT2D eigenvalue weighted by Crippen LogP contribution is 2.29. The minimum Gasteiger partial charge on any atom is -0.496 e. The SMILES string of the molecule is CCCNC(CS(=O)C1CCCC1)c1ccccc1OC. The van der Waals surface area contributed by atoms with Crippen LogP contribution in [0.2, 0.25) is 0 Å². The van der Waals surface area contributed by atoms with E-state index in [1.54, 1.807) is 7.11 Å². The highest BCUT2D eigenvalue weighted by Gasteiger charge is 2.25. The fourth-order valence-corrected chi connectivity index (χ4v) is 4.74. The summed E-state index contributed by atoms with van der Waals surface area (Å²) in [5.41, 5.74) is 1.12. The lowest BCUT2D eigenvalue weighted by molar-refractivity contribution is 0.402. The summed E-state index contributed by atoms with van der Waals surface area (Å²) in [5.74, 6) is 1.57. The monoisotopic (exact) mass is 309 g/mol. The molecule has 0 amide bonds. The zero-order chi connectivity index (χ0) is 15.1. The van der Waals surface area contributed by atoms with Gasteiger partial charge in [0.25, 0.3) is 0 Å². The number of ether oxygens (including phenoxy) is 1. The average molecular weight is 309 g/mol. The molecule has 1 aliphatic carbocycles. The van der Waals surface area contributed by atoms with Crippen molar-refractivity contribution in [1.82, 2.24) is 5.32 Å². The molecule has 0 saturated heterocycles. The van der Waals surface area contributed by atoms with E-state index in [-0.39, 0.29) is 6.04 Å². The lowest BCUT2D eigenvalue weighted by Gasteiger charge is -2.22. The van der Waals surface area contributed by atoms with Gasteiger partial charge in [0.2, 0.25) is 0 Å². The molecule has 0 bridgehead atoms. The number of rotatable bonds is 8. The minimum atomic E-state index is -0.758. The molecule has 2 rings (SSSR count). The van der Waals surface area contributed by atoms with Crippen LogP contribution in [0.4, 0.5) is 0 Å². The fraction of sp³-hybridized carbons (Fsp3) is 0.647. The molecular weight excluding hydrogens is 282 g/mol. The van der Waals surface area contributed by atoms with Crippen molar-refractivity contribution in [2.45, 2.75) is 50.3 Å². The maximum atomic E-state index is 12.6. The second kappa shape index (κ2) is 8.54. The van der Waals surface area contributed by atoms with Gasteiger partial charge in [-0.3, -0.25) is 4.21 Å². The first-order valence-electron chi connectivity index (χ1n) is 7.99. The Kier molecular flexibility index (Phi) is 6.71. The molecule has 118 valence electrons. The molecule has 1 aromatic carbocycles. The van der Waals surface area contributed by atoms with Crippen molar-refractivity contribution in [3.63, 3.8) is 0 Å². The summed E-state index contributed by atoms with van der Waals surface area (Å²) in [6, 6.07) is 8.18. The van der Waals surface area contributed by atoms with Crippen molar-refractivity contribution >= 4 is 10.8 Å². The predicted molar refractivity (Wildman–Crippen MR) is 89.3 cm³/mol. The first-order chi connectivity index (χ1) is 10.3. The molecule has 0 heterocycles. The van der Waals surface area contributed by atoms with Crippen molar-refractivity contribution in [3.05, 3.63) is 29.8 Å². The van der Waals surface area contributed by atoms with Crippen LogP contribution in [0.1, 0.15) is 50.6 Å². The van der Waals surface area contributed by atoms with Crippen LogP contribution in [0.25, 0.3) is 0 Å². The third-order valence-electron chi connectivity index (χ3n) is 4.16. The van der Waals surface area contributed by atoms with Gasteiger partial charge < -0.3 is 10.1 Å². The van der Waals surface area contributed by atoms with Gasteiger partial charge in [-0.05, 0) is 31.9 Å². The van der Waals surface area contributed by atoms with Crippen LogP contribution in [0.15, 0.2) is 24.3 Å². The molecule has 0 aromatic heterocycles. The van der Waals surface area contributed by atoms with E-state index in [1.807, 2.05) is 18.2 Å². The van der Waals surface area contributed by atoms with Crippen LogP contribution in [-0.4, -0.2) is 28.9 Å². The molecule has 1 saturated carbocycles. The smallest absolute Gasteiger partial charge is 0.123 e. The average Bonchev–Trinajstić information content (AvgIpc) is 3.05. The Balaban J connectivity index is 2.11. The molecular formula is C17H27NO2S. The molecule has 0 spiro atoms. The topological polar surface area (TPSA) is 38.3 Å². The molecule has 0 aliphatic heterocycles. The van der Waals surface area contributed by atoms with Crippen molar-refractivity contribution in [2.24, 2.45) is 0 Å².